The van der Waals surface area contributed by atoms with E-state index in [1.165, 1.54) is 28.3 Å². The number of pyridine rings is 1. The van der Waals surface area contributed by atoms with Crippen LogP contribution >= 0.6 is 11.8 Å². The molecule has 4 aromatic rings. The van der Waals surface area contributed by atoms with E-state index < -0.39 is 0 Å². The van der Waals surface area contributed by atoms with E-state index >= 15 is 0 Å². The number of carbonyl (C=O) groups is 1. The smallest absolute Gasteiger partial charge is 0.234 e. The summed E-state index contributed by atoms with van der Waals surface area (Å²) in [6.07, 6.45) is 0. The highest BCUT2D eigenvalue weighted by Crippen LogP contribution is 2.28. The molecule has 2 aromatic heterocycles. The zero-order chi connectivity index (χ0) is 19.8. The SMILES string of the molecule is Cc1ccc(NC(=O)CSc2nnc3cc(C)c4cccc(C)c4n23)cc1C. The summed E-state index contributed by atoms with van der Waals surface area (Å²) in [6.45, 7) is 8.26. The lowest BCUT2D eigenvalue weighted by Crippen LogP contribution is -2.14. The number of amides is 1. The van der Waals surface area contributed by atoms with Crippen molar-refractivity contribution in [2.24, 2.45) is 0 Å². The molecule has 28 heavy (non-hydrogen) atoms. The number of thioether (sulfide) groups is 1. The number of nitrogens with one attached hydrogen (secondary N) is 1. The predicted octanol–water partition coefficient (Wildman–Crippen LogP) is 4.85. The topological polar surface area (TPSA) is 59.3 Å². The highest BCUT2D eigenvalue weighted by atomic mass is 32.2. The summed E-state index contributed by atoms with van der Waals surface area (Å²) in [7, 11) is 0. The third-order valence-electron chi connectivity index (χ3n) is 5.01. The first-order valence-electron chi connectivity index (χ1n) is 9.18. The Labute approximate surface area is 168 Å². The zero-order valence-electron chi connectivity index (χ0n) is 16.4. The molecule has 0 atom stereocenters. The van der Waals surface area contributed by atoms with Crippen molar-refractivity contribution in [2.45, 2.75) is 32.9 Å². The van der Waals surface area contributed by atoms with Gasteiger partial charge >= 0.3 is 0 Å². The average molecular weight is 391 g/mol. The van der Waals surface area contributed by atoms with E-state index in [4.69, 9.17) is 0 Å². The van der Waals surface area contributed by atoms with E-state index in [-0.39, 0.29) is 11.7 Å². The molecular weight excluding hydrogens is 368 g/mol. The van der Waals surface area contributed by atoms with Crippen LogP contribution in [0.15, 0.2) is 47.6 Å². The first kappa shape index (κ1) is 18.5. The monoisotopic (exact) mass is 390 g/mol. The van der Waals surface area contributed by atoms with Gasteiger partial charge in [-0.3, -0.25) is 9.20 Å². The minimum atomic E-state index is -0.0573. The number of aromatic nitrogens is 3. The molecule has 0 saturated carbocycles. The first-order valence-corrected chi connectivity index (χ1v) is 10.2. The Balaban J connectivity index is 1.60. The fourth-order valence-electron chi connectivity index (χ4n) is 3.37. The third kappa shape index (κ3) is 3.36. The van der Waals surface area contributed by atoms with Crippen LogP contribution in [0.5, 0.6) is 0 Å². The van der Waals surface area contributed by atoms with Crippen molar-refractivity contribution in [3.8, 4) is 0 Å². The molecule has 0 bridgehead atoms. The molecule has 1 N–H and O–H groups in total. The number of benzene rings is 2. The van der Waals surface area contributed by atoms with Gasteiger partial charge in [0.15, 0.2) is 10.8 Å². The third-order valence-corrected chi connectivity index (χ3v) is 5.94. The van der Waals surface area contributed by atoms with Crippen LogP contribution in [0.25, 0.3) is 16.6 Å². The van der Waals surface area contributed by atoms with Gasteiger partial charge in [0.1, 0.15) is 0 Å². The molecule has 0 spiro atoms. The van der Waals surface area contributed by atoms with Crippen molar-refractivity contribution in [3.63, 3.8) is 0 Å². The van der Waals surface area contributed by atoms with Crippen LogP contribution in [0.4, 0.5) is 5.69 Å². The molecule has 1 amide bonds. The van der Waals surface area contributed by atoms with Crippen LogP contribution in [0.1, 0.15) is 22.3 Å². The van der Waals surface area contributed by atoms with Crippen molar-refractivity contribution in [1.29, 1.82) is 0 Å². The van der Waals surface area contributed by atoms with E-state index in [1.54, 1.807) is 0 Å². The summed E-state index contributed by atoms with van der Waals surface area (Å²) in [5.74, 6) is 0.216. The van der Waals surface area contributed by atoms with Gasteiger partial charge in [0.05, 0.1) is 11.3 Å². The van der Waals surface area contributed by atoms with Gasteiger partial charge in [0.25, 0.3) is 0 Å². The second kappa shape index (κ2) is 7.28. The standard InChI is InChI=1S/C22H22N4OS/c1-13-8-9-17(10-15(13)3)23-20(27)12-28-22-25-24-19-11-16(4)18-7-5-6-14(2)21(18)26(19)22/h5-11H,12H2,1-4H3,(H,23,27). The molecule has 6 heteroatoms. The molecule has 2 aromatic carbocycles. The Hall–Kier alpha value is -2.86. The molecule has 0 unspecified atom stereocenters. The summed E-state index contributed by atoms with van der Waals surface area (Å²) < 4.78 is 2.05. The minimum Gasteiger partial charge on any atom is -0.325 e. The molecule has 0 radical (unpaired) electrons. The number of hydrogen-bond donors (Lipinski definition) is 1. The van der Waals surface area contributed by atoms with Gasteiger partial charge in [0.2, 0.25) is 5.91 Å². The number of hydrogen-bond acceptors (Lipinski definition) is 4. The summed E-state index contributed by atoms with van der Waals surface area (Å²) >= 11 is 1.40. The number of anilines is 1. The van der Waals surface area contributed by atoms with Crippen molar-refractivity contribution in [2.75, 3.05) is 11.1 Å². The second-order valence-corrected chi connectivity index (χ2v) is 8.05. The number of nitrogens with zero attached hydrogens (tertiary/aromatic N) is 3. The number of para-hydroxylation sites is 1. The molecular formula is C22H22N4OS. The average Bonchev–Trinajstić information content (AvgIpc) is 3.06. The maximum atomic E-state index is 12.4. The second-order valence-electron chi connectivity index (χ2n) is 7.11. The number of aryl methyl sites for hydroxylation is 4. The van der Waals surface area contributed by atoms with Crippen LogP contribution in [0.3, 0.4) is 0 Å². The van der Waals surface area contributed by atoms with Gasteiger partial charge in [0, 0.05) is 11.1 Å². The van der Waals surface area contributed by atoms with Crippen molar-refractivity contribution in [3.05, 3.63) is 64.7 Å². The summed E-state index contributed by atoms with van der Waals surface area (Å²) in [4.78, 5) is 12.4. The molecule has 0 aliphatic heterocycles. The fourth-order valence-corrected chi connectivity index (χ4v) is 4.12. The highest BCUT2D eigenvalue weighted by Gasteiger charge is 2.14. The van der Waals surface area contributed by atoms with Crippen molar-refractivity contribution >= 4 is 39.9 Å². The normalized spacial score (nSPS) is 11.3. The summed E-state index contributed by atoms with van der Waals surface area (Å²) in [6, 6.07) is 14.2. The van der Waals surface area contributed by atoms with Gasteiger partial charge in [-0.2, -0.15) is 0 Å². The molecule has 5 nitrogen and oxygen atoms in total. The fraction of sp³-hybridized carbons (Fsp3) is 0.227. The number of rotatable bonds is 4. The first-order chi connectivity index (χ1) is 13.4. The molecule has 0 aliphatic carbocycles. The molecule has 0 fully saturated rings. The summed E-state index contributed by atoms with van der Waals surface area (Å²) in [5, 5.41) is 13.5. The Morgan fingerprint density at radius 2 is 1.79 bits per heavy atom. The lowest BCUT2D eigenvalue weighted by Gasteiger charge is -2.10. The zero-order valence-corrected chi connectivity index (χ0v) is 17.2. The molecule has 0 saturated heterocycles. The lowest BCUT2D eigenvalue weighted by molar-refractivity contribution is -0.113. The quantitative estimate of drug-likeness (QED) is 0.506. The van der Waals surface area contributed by atoms with E-state index in [9.17, 15) is 4.79 Å². The van der Waals surface area contributed by atoms with Gasteiger partial charge in [-0.25, -0.2) is 0 Å². The van der Waals surface area contributed by atoms with Crippen LogP contribution < -0.4 is 5.32 Å². The van der Waals surface area contributed by atoms with E-state index in [1.807, 2.05) is 35.6 Å². The van der Waals surface area contributed by atoms with E-state index in [2.05, 4.69) is 54.5 Å². The van der Waals surface area contributed by atoms with E-state index in [0.717, 1.165) is 33.1 Å². The highest BCUT2D eigenvalue weighted by molar-refractivity contribution is 7.99. The predicted molar refractivity (Wildman–Crippen MR) is 115 cm³/mol. The summed E-state index contributed by atoms with van der Waals surface area (Å²) in [5.41, 5.74) is 7.41. The van der Waals surface area contributed by atoms with Crippen molar-refractivity contribution in [1.82, 2.24) is 14.6 Å². The molecule has 4 rings (SSSR count). The van der Waals surface area contributed by atoms with Crippen LogP contribution in [-0.4, -0.2) is 26.3 Å². The Bertz CT molecular complexity index is 1210. The number of carbonyl (C=O) groups excluding carboxylic acids is 1. The Morgan fingerprint density at radius 3 is 2.57 bits per heavy atom. The van der Waals surface area contributed by atoms with Crippen LogP contribution in [0.2, 0.25) is 0 Å². The van der Waals surface area contributed by atoms with Crippen LogP contribution in [-0.2, 0) is 4.79 Å². The maximum absolute atomic E-state index is 12.4. The largest absolute Gasteiger partial charge is 0.325 e. The lowest BCUT2D eigenvalue weighted by atomic mass is 10.1. The molecule has 0 aliphatic rings. The molecule has 2 heterocycles. The van der Waals surface area contributed by atoms with Crippen LogP contribution in [0, 0.1) is 27.7 Å². The Kier molecular flexibility index (Phi) is 4.81. The van der Waals surface area contributed by atoms with Gasteiger partial charge in [-0.15, -0.1) is 10.2 Å². The maximum Gasteiger partial charge on any atom is 0.234 e. The van der Waals surface area contributed by atoms with Gasteiger partial charge in [-0.1, -0.05) is 36.0 Å². The van der Waals surface area contributed by atoms with Gasteiger partial charge in [-0.05, 0) is 68.1 Å². The minimum absolute atomic E-state index is 0.0573. The van der Waals surface area contributed by atoms with Gasteiger partial charge < -0.3 is 5.32 Å². The van der Waals surface area contributed by atoms with E-state index in [0.29, 0.717) is 0 Å². The Morgan fingerprint density at radius 1 is 0.964 bits per heavy atom. The molecule has 142 valence electrons. The number of fused-ring (bicyclic) bond motifs is 3. The van der Waals surface area contributed by atoms with Crippen molar-refractivity contribution < 1.29 is 4.79 Å².